The molecule has 1 aromatic carbocycles. The second-order valence-electron chi connectivity index (χ2n) is 4.00. The molecule has 1 aliphatic heterocycles. The number of imidazole rings is 1. The SMILES string of the molecule is Brc1ccccc1-n1cncc1C1CNC1. The third-order valence-electron chi connectivity index (χ3n) is 2.98. The van der Waals surface area contributed by atoms with E-state index in [1.54, 1.807) is 0 Å². The average molecular weight is 278 g/mol. The molecule has 1 saturated heterocycles. The van der Waals surface area contributed by atoms with Crippen LogP contribution in [0.4, 0.5) is 0 Å². The quantitative estimate of drug-likeness (QED) is 0.913. The molecule has 82 valence electrons. The summed E-state index contributed by atoms with van der Waals surface area (Å²) in [6.45, 7) is 2.10. The fourth-order valence-electron chi connectivity index (χ4n) is 1.95. The molecule has 0 unspecified atom stereocenters. The third-order valence-corrected chi connectivity index (χ3v) is 3.65. The molecular weight excluding hydrogens is 266 g/mol. The van der Waals surface area contributed by atoms with Crippen molar-refractivity contribution < 1.29 is 0 Å². The van der Waals surface area contributed by atoms with Gasteiger partial charge in [-0.2, -0.15) is 0 Å². The first-order chi connectivity index (χ1) is 7.86. The summed E-state index contributed by atoms with van der Waals surface area (Å²) in [6, 6.07) is 8.22. The molecule has 3 rings (SSSR count). The molecule has 2 heterocycles. The minimum absolute atomic E-state index is 0.592. The topological polar surface area (TPSA) is 29.9 Å². The van der Waals surface area contributed by atoms with Crippen LogP contribution >= 0.6 is 15.9 Å². The highest BCUT2D eigenvalue weighted by molar-refractivity contribution is 9.10. The van der Waals surface area contributed by atoms with E-state index in [4.69, 9.17) is 0 Å². The summed E-state index contributed by atoms with van der Waals surface area (Å²) < 4.78 is 3.26. The van der Waals surface area contributed by atoms with Crippen molar-refractivity contribution in [2.24, 2.45) is 0 Å². The van der Waals surface area contributed by atoms with E-state index in [9.17, 15) is 0 Å². The van der Waals surface area contributed by atoms with Gasteiger partial charge in [0.2, 0.25) is 0 Å². The summed E-state index contributed by atoms with van der Waals surface area (Å²) >= 11 is 3.58. The molecule has 0 bridgehead atoms. The predicted octanol–water partition coefficient (Wildman–Crippen LogP) is 2.32. The highest BCUT2D eigenvalue weighted by Gasteiger charge is 2.23. The van der Waals surface area contributed by atoms with Crippen LogP contribution in [0.25, 0.3) is 5.69 Å². The van der Waals surface area contributed by atoms with Crippen molar-refractivity contribution >= 4 is 15.9 Å². The fraction of sp³-hybridized carbons (Fsp3) is 0.250. The number of aromatic nitrogens is 2. The summed E-state index contributed by atoms with van der Waals surface area (Å²) in [5, 5.41) is 3.29. The van der Waals surface area contributed by atoms with Gasteiger partial charge in [-0.05, 0) is 28.1 Å². The number of hydrogen-bond acceptors (Lipinski definition) is 2. The summed E-state index contributed by atoms with van der Waals surface area (Å²) in [7, 11) is 0. The number of halogens is 1. The molecule has 0 amide bonds. The van der Waals surface area contributed by atoms with Gasteiger partial charge < -0.3 is 9.88 Å². The Morgan fingerprint density at radius 1 is 1.31 bits per heavy atom. The molecule has 0 spiro atoms. The molecular formula is C12H12BrN3. The molecule has 0 atom stereocenters. The van der Waals surface area contributed by atoms with E-state index in [-0.39, 0.29) is 0 Å². The first kappa shape index (κ1) is 10.1. The molecule has 0 saturated carbocycles. The number of hydrogen-bond donors (Lipinski definition) is 1. The molecule has 0 radical (unpaired) electrons. The van der Waals surface area contributed by atoms with E-state index in [2.05, 4.69) is 42.9 Å². The van der Waals surface area contributed by atoms with Crippen LogP contribution in [0.15, 0.2) is 41.3 Å². The number of rotatable bonds is 2. The molecule has 1 aliphatic rings. The van der Waals surface area contributed by atoms with Crippen molar-refractivity contribution in [3.05, 3.63) is 47.0 Å². The normalized spacial score (nSPS) is 16.1. The zero-order valence-electron chi connectivity index (χ0n) is 8.73. The van der Waals surface area contributed by atoms with Gasteiger partial charge in [0, 0.05) is 35.4 Å². The molecule has 0 aliphatic carbocycles. The molecule has 1 N–H and O–H groups in total. The first-order valence-electron chi connectivity index (χ1n) is 5.34. The minimum Gasteiger partial charge on any atom is -0.315 e. The summed E-state index contributed by atoms with van der Waals surface area (Å²) in [4.78, 5) is 4.26. The van der Waals surface area contributed by atoms with Crippen molar-refractivity contribution in [1.82, 2.24) is 14.9 Å². The second-order valence-corrected chi connectivity index (χ2v) is 4.85. The first-order valence-corrected chi connectivity index (χ1v) is 6.13. The summed E-state index contributed by atoms with van der Waals surface area (Å²) in [6.07, 6.45) is 3.85. The third kappa shape index (κ3) is 1.58. The molecule has 3 nitrogen and oxygen atoms in total. The second kappa shape index (κ2) is 4.03. The lowest BCUT2D eigenvalue weighted by Gasteiger charge is -2.28. The van der Waals surface area contributed by atoms with Gasteiger partial charge in [0.05, 0.1) is 12.0 Å². The minimum atomic E-state index is 0.592. The average Bonchev–Trinajstić information content (AvgIpc) is 2.65. The van der Waals surface area contributed by atoms with Gasteiger partial charge in [-0.15, -0.1) is 0 Å². The van der Waals surface area contributed by atoms with Crippen LogP contribution in [0.2, 0.25) is 0 Å². The standard InChI is InChI=1S/C12H12BrN3/c13-10-3-1-2-4-11(10)16-8-15-7-12(16)9-5-14-6-9/h1-4,7-9,14H,5-6H2. The molecule has 1 fully saturated rings. The maximum atomic E-state index is 4.26. The molecule has 2 aromatic rings. The lowest BCUT2D eigenvalue weighted by atomic mass is 10.00. The van der Waals surface area contributed by atoms with Crippen LogP contribution in [-0.2, 0) is 0 Å². The highest BCUT2D eigenvalue weighted by Crippen LogP contribution is 2.26. The van der Waals surface area contributed by atoms with Crippen molar-refractivity contribution in [1.29, 1.82) is 0 Å². The van der Waals surface area contributed by atoms with E-state index >= 15 is 0 Å². The van der Waals surface area contributed by atoms with Crippen LogP contribution in [-0.4, -0.2) is 22.6 Å². The van der Waals surface area contributed by atoms with Gasteiger partial charge >= 0.3 is 0 Å². The van der Waals surface area contributed by atoms with E-state index in [1.807, 2.05) is 24.7 Å². The zero-order chi connectivity index (χ0) is 11.0. The van der Waals surface area contributed by atoms with Crippen molar-refractivity contribution in [2.45, 2.75) is 5.92 Å². The van der Waals surface area contributed by atoms with E-state index in [0.717, 1.165) is 23.2 Å². The number of nitrogens with zero attached hydrogens (tertiary/aromatic N) is 2. The predicted molar refractivity (Wildman–Crippen MR) is 66.9 cm³/mol. The van der Waals surface area contributed by atoms with Crippen molar-refractivity contribution in [3.8, 4) is 5.69 Å². The van der Waals surface area contributed by atoms with E-state index in [0.29, 0.717) is 5.92 Å². The Hall–Kier alpha value is -1.13. The summed E-state index contributed by atoms with van der Waals surface area (Å²) in [5.41, 5.74) is 2.44. The Morgan fingerprint density at radius 2 is 2.12 bits per heavy atom. The Labute approximate surface area is 103 Å². The number of benzene rings is 1. The fourth-order valence-corrected chi connectivity index (χ4v) is 2.43. The smallest absolute Gasteiger partial charge is 0.0994 e. The number of nitrogens with one attached hydrogen (secondary N) is 1. The van der Waals surface area contributed by atoms with Gasteiger partial charge in [0.15, 0.2) is 0 Å². The van der Waals surface area contributed by atoms with E-state index < -0.39 is 0 Å². The molecule has 1 aromatic heterocycles. The molecule has 16 heavy (non-hydrogen) atoms. The highest BCUT2D eigenvalue weighted by atomic mass is 79.9. The molecule has 4 heteroatoms. The maximum absolute atomic E-state index is 4.26. The van der Waals surface area contributed by atoms with Gasteiger partial charge in [-0.3, -0.25) is 0 Å². The van der Waals surface area contributed by atoms with Crippen LogP contribution in [0, 0.1) is 0 Å². The van der Waals surface area contributed by atoms with Crippen LogP contribution in [0.3, 0.4) is 0 Å². The monoisotopic (exact) mass is 277 g/mol. The van der Waals surface area contributed by atoms with Crippen LogP contribution in [0.1, 0.15) is 11.6 Å². The van der Waals surface area contributed by atoms with Crippen molar-refractivity contribution in [3.63, 3.8) is 0 Å². The van der Waals surface area contributed by atoms with Gasteiger partial charge in [-0.1, -0.05) is 12.1 Å². The zero-order valence-corrected chi connectivity index (χ0v) is 10.3. The van der Waals surface area contributed by atoms with Gasteiger partial charge in [0.1, 0.15) is 0 Å². The Kier molecular flexibility index (Phi) is 2.53. The Morgan fingerprint density at radius 3 is 2.81 bits per heavy atom. The lowest BCUT2D eigenvalue weighted by molar-refractivity contribution is 0.435. The summed E-state index contributed by atoms with van der Waals surface area (Å²) in [5.74, 6) is 0.592. The Balaban J connectivity index is 2.06. The largest absolute Gasteiger partial charge is 0.315 e. The van der Waals surface area contributed by atoms with E-state index in [1.165, 1.54) is 5.69 Å². The lowest BCUT2D eigenvalue weighted by Crippen LogP contribution is -2.40. The van der Waals surface area contributed by atoms with Gasteiger partial charge in [0.25, 0.3) is 0 Å². The maximum Gasteiger partial charge on any atom is 0.0994 e. The van der Waals surface area contributed by atoms with Crippen LogP contribution in [0.5, 0.6) is 0 Å². The van der Waals surface area contributed by atoms with Crippen molar-refractivity contribution in [2.75, 3.05) is 13.1 Å². The number of para-hydroxylation sites is 1. The van der Waals surface area contributed by atoms with Gasteiger partial charge in [-0.25, -0.2) is 4.98 Å². The Bertz CT molecular complexity index is 502. The van der Waals surface area contributed by atoms with Crippen LogP contribution < -0.4 is 5.32 Å².